The zero-order valence-corrected chi connectivity index (χ0v) is 8.16. The Morgan fingerprint density at radius 1 is 1.38 bits per heavy atom. The Balaban J connectivity index is 2.18. The van der Waals surface area contributed by atoms with E-state index in [-0.39, 0.29) is 18.6 Å². The van der Waals surface area contributed by atoms with Gasteiger partial charge in [-0.25, -0.2) is 0 Å². The minimum absolute atomic E-state index is 0.0899. The number of hydrogen-bond donors (Lipinski definition) is 1. The van der Waals surface area contributed by atoms with Gasteiger partial charge < -0.3 is 9.84 Å². The molecule has 0 aromatic carbocycles. The number of aliphatic hydroxyl groups is 1. The van der Waals surface area contributed by atoms with E-state index in [1.54, 1.807) is 6.92 Å². The molecule has 1 fully saturated rings. The van der Waals surface area contributed by atoms with Crippen LogP contribution in [0.1, 0.15) is 32.6 Å². The first-order chi connectivity index (χ1) is 6.24. The van der Waals surface area contributed by atoms with Crippen molar-refractivity contribution in [2.24, 2.45) is 5.92 Å². The van der Waals surface area contributed by atoms with Gasteiger partial charge in [-0.1, -0.05) is 0 Å². The maximum Gasteiger partial charge on any atom is 0.132 e. The van der Waals surface area contributed by atoms with Gasteiger partial charge >= 0.3 is 0 Å². The predicted molar refractivity (Wildman–Crippen MR) is 49.5 cm³/mol. The van der Waals surface area contributed by atoms with Crippen molar-refractivity contribution in [1.29, 1.82) is 0 Å². The Labute approximate surface area is 79.1 Å². The van der Waals surface area contributed by atoms with Crippen molar-refractivity contribution < 1.29 is 14.6 Å². The summed E-state index contributed by atoms with van der Waals surface area (Å²) in [6.07, 6.45) is 4.09. The van der Waals surface area contributed by atoms with Gasteiger partial charge in [-0.05, 0) is 32.6 Å². The molecule has 3 nitrogen and oxygen atoms in total. The number of ketones is 1. The van der Waals surface area contributed by atoms with Gasteiger partial charge in [0.15, 0.2) is 0 Å². The lowest BCUT2D eigenvalue weighted by Gasteiger charge is -2.26. The van der Waals surface area contributed by atoms with Crippen molar-refractivity contribution >= 4 is 5.78 Å². The quantitative estimate of drug-likeness (QED) is 0.716. The lowest BCUT2D eigenvalue weighted by atomic mass is 9.85. The fourth-order valence-corrected chi connectivity index (χ4v) is 1.86. The van der Waals surface area contributed by atoms with Gasteiger partial charge in [-0.3, -0.25) is 4.79 Å². The van der Waals surface area contributed by atoms with E-state index in [9.17, 15) is 4.79 Å². The Morgan fingerprint density at radius 2 is 2.00 bits per heavy atom. The molecule has 3 heteroatoms. The van der Waals surface area contributed by atoms with E-state index in [2.05, 4.69) is 0 Å². The molecular formula is C10H18O3. The topological polar surface area (TPSA) is 46.5 Å². The molecule has 0 spiro atoms. The average Bonchev–Trinajstić information content (AvgIpc) is 2.15. The van der Waals surface area contributed by atoms with Crippen molar-refractivity contribution in [2.75, 3.05) is 13.2 Å². The van der Waals surface area contributed by atoms with E-state index in [0.717, 1.165) is 25.7 Å². The van der Waals surface area contributed by atoms with Crippen molar-refractivity contribution in [2.45, 2.75) is 38.7 Å². The minimum atomic E-state index is 0.0899. The van der Waals surface area contributed by atoms with Crippen molar-refractivity contribution in [3.63, 3.8) is 0 Å². The standard InChI is InChI=1S/C10H18O3/c1-8(12)9-2-4-10(5-3-9)13-7-6-11/h9-11H,2-7H2,1H3. The third-order valence-electron chi connectivity index (χ3n) is 2.69. The maximum absolute atomic E-state index is 11.0. The molecule has 0 aliphatic heterocycles. The summed E-state index contributed by atoms with van der Waals surface area (Å²) in [6.45, 7) is 2.18. The number of carbonyl (C=O) groups excluding carboxylic acids is 1. The van der Waals surface area contributed by atoms with E-state index in [1.165, 1.54) is 0 Å². The molecule has 76 valence electrons. The van der Waals surface area contributed by atoms with Gasteiger partial charge in [-0.2, -0.15) is 0 Å². The second-order valence-electron chi connectivity index (χ2n) is 3.68. The van der Waals surface area contributed by atoms with Gasteiger partial charge in [0.1, 0.15) is 5.78 Å². The SMILES string of the molecule is CC(=O)C1CCC(OCCO)CC1. The highest BCUT2D eigenvalue weighted by molar-refractivity contribution is 5.78. The number of hydrogen-bond acceptors (Lipinski definition) is 3. The van der Waals surface area contributed by atoms with Crippen molar-refractivity contribution in [3.8, 4) is 0 Å². The molecule has 0 bridgehead atoms. The zero-order valence-electron chi connectivity index (χ0n) is 8.16. The first kappa shape index (κ1) is 10.7. The summed E-state index contributed by atoms with van der Waals surface area (Å²) in [6, 6.07) is 0. The highest BCUT2D eigenvalue weighted by Crippen LogP contribution is 2.26. The number of ether oxygens (including phenoxy) is 1. The van der Waals surface area contributed by atoms with Gasteiger partial charge in [0.05, 0.1) is 19.3 Å². The van der Waals surface area contributed by atoms with Crippen molar-refractivity contribution in [1.82, 2.24) is 0 Å². The van der Waals surface area contributed by atoms with E-state index >= 15 is 0 Å². The third kappa shape index (κ3) is 3.44. The van der Waals surface area contributed by atoms with Gasteiger partial charge in [0, 0.05) is 5.92 Å². The molecule has 0 atom stereocenters. The summed E-state index contributed by atoms with van der Waals surface area (Å²) >= 11 is 0. The second-order valence-corrected chi connectivity index (χ2v) is 3.68. The van der Waals surface area contributed by atoms with Crippen molar-refractivity contribution in [3.05, 3.63) is 0 Å². The molecule has 1 aliphatic rings. The van der Waals surface area contributed by atoms with Crippen LogP contribution in [0.4, 0.5) is 0 Å². The molecule has 0 heterocycles. The molecule has 1 saturated carbocycles. The van der Waals surface area contributed by atoms with Crippen LogP contribution in [-0.4, -0.2) is 30.2 Å². The van der Waals surface area contributed by atoms with Gasteiger partial charge in [0.25, 0.3) is 0 Å². The van der Waals surface area contributed by atoms with Crippen LogP contribution in [0.3, 0.4) is 0 Å². The lowest BCUT2D eigenvalue weighted by Crippen LogP contribution is -2.25. The van der Waals surface area contributed by atoms with Gasteiger partial charge in [-0.15, -0.1) is 0 Å². The third-order valence-corrected chi connectivity index (χ3v) is 2.69. The maximum atomic E-state index is 11.0. The smallest absolute Gasteiger partial charge is 0.132 e. The molecule has 1 N–H and O–H groups in total. The van der Waals surface area contributed by atoms with E-state index in [0.29, 0.717) is 12.4 Å². The Kier molecular flexibility index (Phi) is 4.39. The molecule has 0 unspecified atom stereocenters. The average molecular weight is 186 g/mol. The Hall–Kier alpha value is -0.410. The summed E-state index contributed by atoms with van der Waals surface area (Å²) in [4.78, 5) is 11.0. The molecule has 0 amide bonds. The largest absolute Gasteiger partial charge is 0.394 e. The Morgan fingerprint density at radius 3 is 2.46 bits per heavy atom. The van der Waals surface area contributed by atoms with Gasteiger partial charge in [0.2, 0.25) is 0 Å². The first-order valence-corrected chi connectivity index (χ1v) is 4.97. The predicted octanol–water partition coefficient (Wildman–Crippen LogP) is 1.14. The summed E-state index contributed by atoms with van der Waals surface area (Å²) in [5, 5.41) is 8.56. The zero-order chi connectivity index (χ0) is 9.68. The first-order valence-electron chi connectivity index (χ1n) is 4.97. The van der Waals surface area contributed by atoms with Crippen LogP contribution in [-0.2, 0) is 9.53 Å². The Bertz CT molecular complexity index is 160. The summed E-state index contributed by atoms with van der Waals surface area (Å²) in [5.41, 5.74) is 0. The molecule has 1 rings (SSSR count). The van der Waals surface area contributed by atoms with Crippen LogP contribution >= 0.6 is 0 Å². The normalized spacial score (nSPS) is 28.8. The van der Waals surface area contributed by atoms with E-state index < -0.39 is 0 Å². The molecule has 1 aliphatic carbocycles. The molecule has 0 aromatic rings. The van der Waals surface area contributed by atoms with Crippen LogP contribution in [0, 0.1) is 5.92 Å². The summed E-state index contributed by atoms with van der Waals surface area (Å²) < 4.78 is 5.40. The second kappa shape index (κ2) is 5.35. The number of aliphatic hydroxyl groups excluding tert-OH is 1. The minimum Gasteiger partial charge on any atom is -0.394 e. The molecule has 0 saturated heterocycles. The fourth-order valence-electron chi connectivity index (χ4n) is 1.86. The molecule has 13 heavy (non-hydrogen) atoms. The van der Waals surface area contributed by atoms with Crippen LogP contribution < -0.4 is 0 Å². The van der Waals surface area contributed by atoms with E-state index in [1.807, 2.05) is 0 Å². The fraction of sp³-hybridized carbons (Fsp3) is 0.900. The van der Waals surface area contributed by atoms with Crippen LogP contribution in [0.25, 0.3) is 0 Å². The lowest BCUT2D eigenvalue weighted by molar-refractivity contribution is -0.122. The molecule has 0 aromatic heterocycles. The number of rotatable bonds is 4. The number of carbonyl (C=O) groups is 1. The molecular weight excluding hydrogens is 168 g/mol. The summed E-state index contributed by atoms with van der Waals surface area (Å²) in [5.74, 6) is 0.564. The van der Waals surface area contributed by atoms with Crippen LogP contribution in [0.5, 0.6) is 0 Å². The summed E-state index contributed by atoms with van der Waals surface area (Å²) in [7, 11) is 0. The van der Waals surface area contributed by atoms with Crippen LogP contribution in [0.2, 0.25) is 0 Å². The van der Waals surface area contributed by atoms with Crippen LogP contribution in [0.15, 0.2) is 0 Å². The number of Topliss-reactive ketones (excluding diaryl/α,β-unsaturated/α-hetero) is 1. The molecule has 0 radical (unpaired) electrons. The highest BCUT2D eigenvalue weighted by Gasteiger charge is 2.23. The highest BCUT2D eigenvalue weighted by atomic mass is 16.5. The monoisotopic (exact) mass is 186 g/mol. The van der Waals surface area contributed by atoms with E-state index in [4.69, 9.17) is 9.84 Å².